The van der Waals surface area contributed by atoms with Gasteiger partial charge in [-0.25, -0.2) is 8.42 Å². The summed E-state index contributed by atoms with van der Waals surface area (Å²) in [7, 11) is -3.81. The van der Waals surface area contributed by atoms with Crippen LogP contribution in [0.4, 0.5) is 5.69 Å². The van der Waals surface area contributed by atoms with E-state index in [9.17, 15) is 13.5 Å². The van der Waals surface area contributed by atoms with E-state index >= 15 is 0 Å². The molecule has 4 rings (SSSR count). The predicted molar refractivity (Wildman–Crippen MR) is 144 cm³/mol. The van der Waals surface area contributed by atoms with Crippen LogP contribution in [0.1, 0.15) is 56.3 Å². The molecule has 6 nitrogen and oxygen atoms in total. The molecule has 1 heterocycles. The molecule has 7 heteroatoms. The highest BCUT2D eigenvalue weighted by atomic mass is 32.2. The zero-order chi connectivity index (χ0) is 25.9. The second-order valence-electron chi connectivity index (χ2n) is 9.97. The molecule has 0 fully saturated rings. The molecule has 1 aliphatic heterocycles. The van der Waals surface area contributed by atoms with Crippen molar-refractivity contribution in [2.75, 3.05) is 10.8 Å². The van der Waals surface area contributed by atoms with E-state index in [0.717, 1.165) is 36.1 Å². The smallest absolute Gasteiger partial charge is 0.264 e. The Bertz CT molecular complexity index is 1270. The standard InChI is InChI=1S/C29H36N2O4S/c1-5-6-18-30-27-25-19-22(14-17-26(25)35-29(3,4)28(27)32)20-31(23-10-8-7-9-11-23)36(33,34)24-15-12-21(2)13-16-24/h7-17,19,27-28,30,32H,5-6,18,20H2,1-4H3/t27-,28+/m0/s1. The third-order valence-electron chi connectivity index (χ3n) is 6.68. The molecule has 0 unspecified atom stereocenters. The molecule has 0 saturated carbocycles. The number of aliphatic hydroxyl groups excluding tert-OH is 1. The van der Waals surface area contributed by atoms with Gasteiger partial charge in [-0.1, -0.05) is 55.3 Å². The highest BCUT2D eigenvalue weighted by molar-refractivity contribution is 7.92. The third-order valence-corrected chi connectivity index (χ3v) is 8.47. The van der Waals surface area contributed by atoms with E-state index < -0.39 is 21.7 Å². The summed E-state index contributed by atoms with van der Waals surface area (Å²) in [4.78, 5) is 0.245. The number of hydrogen-bond acceptors (Lipinski definition) is 5. The average Bonchev–Trinajstić information content (AvgIpc) is 2.85. The van der Waals surface area contributed by atoms with Crippen LogP contribution in [0, 0.1) is 6.92 Å². The minimum absolute atomic E-state index is 0.147. The predicted octanol–water partition coefficient (Wildman–Crippen LogP) is 5.35. The van der Waals surface area contributed by atoms with Gasteiger partial charge in [-0.15, -0.1) is 0 Å². The Balaban J connectivity index is 1.73. The number of aliphatic hydroxyl groups is 1. The Kier molecular flexibility index (Phi) is 7.73. The largest absolute Gasteiger partial charge is 0.485 e. The van der Waals surface area contributed by atoms with Gasteiger partial charge in [0.15, 0.2) is 0 Å². The molecule has 192 valence electrons. The van der Waals surface area contributed by atoms with Crippen LogP contribution in [0.5, 0.6) is 5.75 Å². The summed E-state index contributed by atoms with van der Waals surface area (Å²) in [6, 6.07) is 21.5. The summed E-state index contributed by atoms with van der Waals surface area (Å²) in [6.07, 6.45) is 1.29. The highest BCUT2D eigenvalue weighted by Crippen LogP contribution is 2.40. The zero-order valence-electron chi connectivity index (χ0n) is 21.4. The fourth-order valence-corrected chi connectivity index (χ4v) is 5.97. The first-order valence-corrected chi connectivity index (χ1v) is 14.0. The molecule has 0 amide bonds. The van der Waals surface area contributed by atoms with E-state index in [-0.39, 0.29) is 17.5 Å². The zero-order valence-corrected chi connectivity index (χ0v) is 22.3. The van der Waals surface area contributed by atoms with Crippen molar-refractivity contribution >= 4 is 15.7 Å². The molecule has 0 radical (unpaired) electrons. The number of rotatable bonds is 9. The van der Waals surface area contributed by atoms with E-state index in [4.69, 9.17) is 4.74 Å². The minimum atomic E-state index is -3.81. The first kappa shape index (κ1) is 26.2. The molecule has 0 aromatic heterocycles. The molecule has 3 aromatic rings. The second kappa shape index (κ2) is 10.6. The van der Waals surface area contributed by atoms with Crippen LogP contribution in [0.2, 0.25) is 0 Å². The SMILES string of the molecule is CCCCN[C@H]1c2cc(CN(c3ccccc3)S(=O)(=O)c3ccc(C)cc3)ccc2OC(C)(C)[C@@H]1O. The number of nitrogens with zero attached hydrogens (tertiary/aromatic N) is 1. The molecule has 0 saturated heterocycles. The number of anilines is 1. The van der Waals surface area contributed by atoms with Gasteiger partial charge in [-0.3, -0.25) is 4.31 Å². The van der Waals surface area contributed by atoms with Crippen LogP contribution in [-0.4, -0.2) is 31.8 Å². The summed E-state index contributed by atoms with van der Waals surface area (Å²) in [5, 5.41) is 14.6. The van der Waals surface area contributed by atoms with E-state index in [2.05, 4.69) is 12.2 Å². The Morgan fingerprint density at radius 1 is 1.03 bits per heavy atom. The Morgan fingerprint density at radius 3 is 2.39 bits per heavy atom. The topological polar surface area (TPSA) is 78.9 Å². The number of sulfonamides is 1. The maximum absolute atomic E-state index is 13.8. The average molecular weight is 509 g/mol. The van der Waals surface area contributed by atoms with Gasteiger partial charge in [-0.2, -0.15) is 0 Å². The van der Waals surface area contributed by atoms with Gasteiger partial charge in [-0.05, 0) is 75.7 Å². The van der Waals surface area contributed by atoms with E-state index in [0.29, 0.717) is 11.4 Å². The lowest BCUT2D eigenvalue weighted by atomic mass is 9.85. The Morgan fingerprint density at radius 2 is 1.72 bits per heavy atom. The van der Waals surface area contributed by atoms with Gasteiger partial charge < -0.3 is 15.2 Å². The van der Waals surface area contributed by atoms with Crippen molar-refractivity contribution in [3.63, 3.8) is 0 Å². The monoisotopic (exact) mass is 508 g/mol. The number of fused-ring (bicyclic) bond motifs is 1. The van der Waals surface area contributed by atoms with Crippen molar-refractivity contribution in [3.05, 3.63) is 89.5 Å². The normalized spacial score (nSPS) is 18.8. The third kappa shape index (κ3) is 5.43. The van der Waals surface area contributed by atoms with Gasteiger partial charge in [0.1, 0.15) is 17.5 Å². The van der Waals surface area contributed by atoms with Crippen LogP contribution < -0.4 is 14.4 Å². The maximum Gasteiger partial charge on any atom is 0.264 e. The summed E-state index contributed by atoms with van der Waals surface area (Å²) >= 11 is 0. The highest BCUT2D eigenvalue weighted by Gasteiger charge is 2.42. The number of benzene rings is 3. The molecule has 2 atom stereocenters. The fourth-order valence-electron chi connectivity index (χ4n) is 4.52. The molecule has 3 aromatic carbocycles. The van der Waals surface area contributed by atoms with E-state index in [1.807, 2.05) is 69.3 Å². The molecule has 36 heavy (non-hydrogen) atoms. The molecular weight excluding hydrogens is 472 g/mol. The van der Waals surface area contributed by atoms with Gasteiger partial charge in [0.2, 0.25) is 0 Å². The number of nitrogens with one attached hydrogen (secondary N) is 1. The van der Waals surface area contributed by atoms with Crippen LogP contribution in [-0.2, 0) is 16.6 Å². The number of para-hydroxylation sites is 1. The van der Waals surface area contributed by atoms with Gasteiger partial charge >= 0.3 is 0 Å². The minimum Gasteiger partial charge on any atom is -0.485 e. The summed E-state index contributed by atoms with van der Waals surface area (Å²) in [5.41, 5.74) is 2.49. The van der Waals surface area contributed by atoms with E-state index in [1.165, 1.54) is 4.31 Å². The number of unbranched alkanes of at least 4 members (excludes halogenated alkanes) is 1. The molecule has 0 bridgehead atoms. The quantitative estimate of drug-likeness (QED) is 0.381. The Labute approximate surface area is 215 Å². The van der Waals surface area contributed by atoms with Gasteiger partial charge in [0.25, 0.3) is 10.0 Å². The number of ether oxygens (including phenoxy) is 1. The summed E-state index contributed by atoms with van der Waals surface area (Å²) in [5.74, 6) is 0.704. The van der Waals surface area contributed by atoms with Crippen molar-refractivity contribution in [3.8, 4) is 5.75 Å². The molecular formula is C29H36N2O4S. The molecule has 0 aliphatic carbocycles. The number of hydrogen-bond donors (Lipinski definition) is 2. The van der Waals surface area contributed by atoms with Crippen molar-refractivity contribution in [1.29, 1.82) is 0 Å². The first-order valence-electron chi connectivity index (χ1n) is 12.5. The van der Waals surface area contributed by atoms with Crippen LogP contribution in [0.15, 0.2) is 77.7 Å². The van der Waals surface area contributed by atoms with E-state index in [1.54, 1.807) is 24.3 Å². The Hall–Kier alpha value is -2.87. The van der Waals surface area contributed by atoms with Crippen LogP contribution in [0.25, 0.3) is 0 Å². The lowest BCUT2D eigenvalue weighted by Gasteiger charge is -2.42. The second-order valence-corrected chi connectivity index (χ2v) is 11.8. The van der Waals surface area contributed by atoms with Crippen molar-refractivity contribution < 1.29 is 18.3 Å². The molecule has 2 N–H and O–H groups in total. The van der Waals surface area contributed by atoms with Crippen LogP contribution >= 0.6 is 0 Å². The lowest BCUT2D eigenvalue weighted by molar-refractivity contribution is -0.0645. The molecule has 1 aliphatic rings. The van der Waals surface area contributed by atoms with Crippen molar-refractivity contribution in [2.45, 2.75) is 69.7 Å². The fraction of sp³-hybridized carbons (Fsp3) is 0.379. The molecule has 0 spiro atoms. The van der Waals surface area contributed by atoms with Crippen molar-refractivity contribution in [2.24, 2.45) is 0 Å². The van der Waals surface area contributed by atoms with Crippen molar-refractivity contribution in [1.82, 2.24) is 5.32 Å². The number of aryl methyl sites for hydroxylation is 1. The summed E-state index contributed by atoms with van der Waals surface area (Å²) < 4.78 is 35.1. The van der Waals surface area contributed by atoms with Crippen LogP contribution in [0.3, 0.4) is 0 Å². The summed E-state index contributed by atoms with van der Waals surface area (Å²) in [6.45, 7) is 8.75. The maximum atomic E-state index is 13.8. The van der Waals surface area contributed by atoms with Gasteiger partial charge in [0, 0.05) is 5.56 Å². The first-order chi connectivity index (χ1) is 17.1. The van der Waals surface area contributed by atoms with Gasteiger partial charge in [0.05, 0.1) is 23.2 Å². The lowest BCUT2D eigenvalue weighted by Crippen LogP contribution is -2.52.